The maximum Gasteiger partial charge on any atom is 0.244 e. The fourth-order valence-electron chi connectivity index (χ4n) is 2.65. The Morgan fingerprint density at radius 3 is 2.62 bits per heavy atom. The van der Waals surface area contributed by atoms with Crippen molar-refractivity contribution in [1.29, 1.82) is 0 Å². The number of nitrogens with one attached hydrogen (secondary N) is 1. The first-order valence-corrected chi connectivity index (χ1v) is 9.10. The monoisotopic (exact) mass is 346 g/mol. The van der Waals surface area contributed by atoms with Gasteiger partial charge in [0.25, 0.3) is 0 Å². The van der Waals surface area contributed by atoms with Crippen LogP contribution >= 0.6 is 0 Å². The van der Waals surface area contributed by atoms with E-state index in [9.17, 15) is 13.2 Å². The molecule has 3 heterocycles. The molecule has 126 valence electrons. The maximum absolute atomic E-state index is 12.6. The third kappa shape index (κ3) is 3.44. The standard InChI is InChI=1S/C16H18N4O3S/c1-12(21)19-16-9-13(4-5-18-16)14-8-15(11-17-10-14)24(22,23)20-6-2-3-7-20/h4-5,8-11H,2-3,6-7H2,1H3,(H,18,19,21). The molecule has 8 heteroatoms. The number of sulfonamides is 1. The topological polar surface area (TPSA) is 92.3 Å². The highest BCUT2D eigenvalue weighted by Gasteiger charge is 2.27. The van der Waals surface area contributed by atoms with E-state index in [4.69, 9.17) is 0 Å². The molecule has 2 aromatic rings. The first kappa shape index (κ1) is 16.5. The average molecular weight is 346 g/mol. The SMILES string of the molecule is CC(=O)Nc1cc(-c2cncc(S(=O)(=O)N3CCCC3)c2)ccn1. The molecule has 24 heavy (non-hydrogen) atoms. The number of nitrogens with zero attached hydrogens (tertiary/aromatic N) is 3. The van der Waals surface area contributed by atoms with Crippen LogP contribution in [0.4, 0.5) is 5.82 Å². The number of amides is 1. The van der Waals surface area contributed by atoms with Crippen molar-refractivity contribution in [2.75, 3.05) is 18.4 Å². The summed E-state index contributed by atoms with van der Waals surface area (Å²) in [5, 5.41) is 2.61. The molecule has 0 spiro atoms. The van der Waals surface area contributed by atoms with E-state index in [1.165, 1.54) is 17.4 Å². The zero-order valence-electron chi connectivity index (χ0n) is 13.3. The molecular weight excluding hydrogens is 328 g/mol. The minimum atomic E-state index is -3.51. The van der Waals surface area contributed by atoms with Gasteiger partial charge in [0, 0.05) is 44.2 Å². The highest BCUT2D eigenvalue weighted by atomic mass is 32.2. The van der Waals surface area contributed by atoms with E-state index in [0.29, 0.717) is 24.5 Å². The second-order valence-corrected chi connectivity index (χ2v) is 7.57. The van der Waals surface area contributed by atoms with Crippen LogP contribution in [-0.2, 0) is 14.8 Å². The fraction of sp³-hybridized carbons (Fsp3) is 0.312. The van der Waals surface area contributed by atoms with Crippen molar-refractivity contribution in [3.05, 3.63) is 36.8 Å². The van der Waals surface area contributed by atoms with Crippen LogP contribution in [-0.4, -0.2) is 41.7 Å². The second-order valence-electron chi connectivity index (χ2n) is 5.63. The Morgan fingerprint density at radius 1 is 1.17 bits per heavy atom. The third-order valence-electron chi connectivity index (χ3n) is 3.81. The third-order valence-corrected chi connectivity index (χ3v) is 5.68. The zero-order chi connectivity index (χ0) is 17.2. The second kappa shape index (κ2) is 6.66. The molecule has 3 rings (SSSR count). The predicted octanol–water partition coefficient (Wildman–Crippen LogP) is 1.89. The molecule has 0 radical (unpaired) electrons. The Kier molecular flexibility index (Phi) is 4.59. The minimum Gasteiger partial charge on any atom is -0.311 e. The lowest BCUT2D eigenvalue weighted by Crippen LogP contribution is -2.27. The number of hydrogen-bond acceptors (Lipinski definition) is 5. The molecular formula is C16H18N4O3S. The van der Waals surface area contributed by atoms with Crippen LogP contribution in [0.25, 0.3) is 11.1 Å². The van der Waals surface area contributed by atoms with Gasteiger partial charge in [0.15, 0.2) is 0 Å². The molecule has 0 bridgehead atoms. The van der Waals surface area contributed by atoms with Crippen LogP contribution in [0.15, 0.2) is 41.7 Å². The summed E-state index contributed by atoms with van der Waals surface area (Å²) in [6, 6.07) is 5.03. The Bertz CT molecular complexity index is 861. The Hall–Kier alpha value is -2.32. The van der Waals surface area contributed by atoms with Crippen LogP contribution in [0.2, 0.25) is 0 Å². The molecule has 0 aromatic carbocycles. The van der Waals surface area contributed by atoms with Crippen molar-refractivity contribution in [2.45, 2.75) is 24.7 Å². The lowest BCUT2D eigenvalue weighted by molar-refractivity contribution is -0.114. The zero-order valence-corrected chi connectivity index (χ0v) is 14.1. The van der Waals surface area contributed by atoms with E-state index in [2.05, 4.69) is 15.3 Å². The summed E-state index contributed by atoms with van der Waals surface area (Å²) < 4.78 is 26.8. The van der Waals surface area contributed by atoms with E-state index < -0.39 is 10.0 Å². The molecule has 0 unspecified atom stereocenters. The summed E-state index contributed by atoms with van der Waals surface area (Å²) in [5.74, 6) is 0.191. The molecule has 0 atom stereocenters. The highest BCUT2D eigenvalue weighted by molar-refractivity contribution is 7.89. The van der Waals surface area contributed by atoms with Gasteiger partial charge in [-0.1, -0.05) is 0 Å². The molecule has 7 nitrogen and oxygen atoms in total. The number of rotatable bonds is 4. The van der Waals surface area contributed by atoms with Gasteiger partial charge >= 0.3 is 0 Å². The lowest BCUT2D eigenvalue weighted by atomic mass is 10.1. The van der Waals surface area contributed by atoms with E-state index >= 15 is 0 Å². The molecule has 1 N–H and O–H groups in total. The van der Waals surface area contributed by atoms with E-state index in [1.807, 2.05) is 0 Å². The van der Waals surface area contributed by atoms with Crippen LogP contribution in [0.5, 0.6) is 0 Å². The van der Waals surface area contributed by atoms with E-state index in [-0.39, 0.29) is 10.8 Å². The van der Waals surface area contributed by atoms with Gasteiger partial charge in [0.1, 0.15) is 10.7 Å². The summed E-state index contributed by atoms with van der Waals surface area (Å²) in [7, 11) is -3.51. The van der Waals surface area contributed by atoms with Crippen molar-refractivity contribution in [3.63, 3.8) is 0 Å². The first-order valence-electron chi connectivity index (χ1n) is 7.66. The Morgan fingerprint density at radius 2 is 1.92 bits per heavy atom. The number of carbonyl (C=O) groups excluding carboxylic acids is 1. The predicted molar refractivity (Wildman–Crippen MR) is 89.8 cm³/mol. The van der Waals surface area contributed by atoms with Gasteiger partial charge < -0.3 is 5.32 Å². The lowest BCUT2D eigenvalue weighted by Gasteiger charge is -2.15. The van der Waals surface area contributed by atoms with Crippen molar-refractivity contribution >= 4 is 21.7 Å². The molecule has 1 fully saturated rings. The largest absolute Gasteiger partial charge is 0.311 e. The first-order chi connectivity index (χ1) is 11.5. The number of hydrogen-bond donors (Lipinski definition) is 1. The highest BCUT2D eigenvalue weighted by Crippen LogP contribution is 2.26. The van der Waals surface area contributed by atoms with Crippen molar-refractivity contribution in [1.82, 2.24) is 14.3 Å². The van der Waals surface area contributed by atoms with Crippen LogP contribution in [0, 0.1) is 0 Å². The van der Waals surface area contributed by atoms with Crippen LogP contribution in [0.1, 0.15) is 19.8 Å². The smallest absolute Gasteiger partial charge is 0.244 e. The van der Waals surface area contributed by atoms with Gasteiger partial charge in [-0.3, -0.25) is 9.78 Å². The molecule has 0 aliphatic carbocycles. The average Bonchev–Trinajstić information content (AvgIpc) is 3.10. The minimum absolute atomic E-state index is 0.180. The van der Waals surface area contributed by atoms with Crippen molar-refractivity contribution in [3.8, 4) is 11.1 Å². The van der Waals surface area contributed by atoms with Gasteiger partial charge in [-0.2, -0.15) is 4.31 Å². The van der Waals surface area contributed by atoms with Gasteiger partial charge in [-0.15, -0.1) is 0 Å². The van der Waals surface area contributed by atoms with Gasteiger partial charge in [0.05, 0.1) is 0 Å². The Balaban J connectivity index is 1.95. The van der Waals surface area contributed by atoms with Crippen molar-refractivity contribution in [2.24, 2.45) is 0 Å². The van der Waals surface area contributed by atoms with Crippen LogP contribution in [0.3, 0.4) is 0 Å². The molecule has 1 amide bonds. The summed E-state index contributed by atoms with van der Waals surface area (Å²) >= 11 is 0. The van der Waals surface area contributed by atoms with E-state index in [0.717, 1.165) is 18.4 Å². The van der Waals surface area contributed by atoms with Crippen LogP contribution < -0.4 is 5.32 Å². The molecule has 2 aromatic heterocycles. The van der Waals surface area contributed by atoms with Gasteiger partial charge in [-0.25, -0.2) is 13.4 Å². The van der Waals surface area contributed by atoms with E-state index in [1.54, 1.807) is 30.6 Å². The summed E-state index contributed by atoms with van der Waals surface area (Å²) in [6.07, 6.45) is 6.29. The van der Waals surface area contributed by atoms with Gasteiger partial charge in [0.2, 0.25) is 15.9 Å². The Labute approximate surface area is 140 Å². The molecule has 1 aliphatic heterocycles. The quantitative estimate of drug-likeness (QED) is 0.912. The summed E-state index contributed by atoms with van der Waals surface area (Å²) in [5.41, 5.74) is 1.39. The molecule has 0 saturated carbocycles. The number of pyridine rings is 2. The number of carbonyl (C=O) groups is 1. The van der Waals surface area contributed by atoms with Gasteiger partial charge in [-0.05, 0) is 36.6 Å². The summed E-state index contributed by atoms with van der Waals surface area (Å²) in [4.78, 5) is 19.5. The molecule has 1 saturated heterocycles. The normalized spacial score (nSPS) is 15.4. The summed E-state index contributed by atoms with van der Waals surface area (Å²) in [6.45, 7) is 2.50. The maximum atomic E-state index is 12.6. The number of aromatic nitrogens is 2. The van der Waals surface area contributed by atoms with Crippen molar-refractivity contribution < 1.29 is 13.2 Å². The number of anilines is 1. The fourth-order valence-corrected chi connectivity index (χ4v) is 4.16. The molecule has 1 aliphatic rings.